The summed E-state index contributed by atoms with van der Waals surface area (Å²) in [7, 11) is 0. The van der Waals surface area contributed by atoms with Gasteiger partial charge in [0.05, 0.1) is 6.07 Å². The van der Waals surface area contributed by atoms with Crippen LogP contribution >= 0.6 is 12.6 Å². The van der Waals surface area contributed by atoms with Gasteiger partial charge in [-0.2, -0.15) is 17.9 Å². The van der Waals surface area contributed by atoms with Crippen molar-refractivity contribution in [3.05, 3.63) is 0 Å². The van der Waals surface area contributed by atoms with Gasteiger partial charge >= 0.3 is 0 Å². The van der Waals surface area contributed by atoms with Crippen LogP contribution in [0.15, 0.2) is 0 Å². The Hall–Kier alpha value is -0.200. The first-order chi connectivity index (χ1) is 7.76. The molecule has 16 heavy (non-hydrogen) atoms. The van der Waals surface area contributed by atoms with Gasteiger partial charge in [-0.3, -0.25) is 0 Å². The molecule has 1 rings (SSSR count). The molecule has 0 N–H and O–H groups in total. The van der Waals surface area contributed by atoms with Crippen molar-refractivity contribution in [3.63, 3.8) is 0 Å². The number of thiol groups is 1. The van der Waals surface area contributed by atoms with Crippen LogP contribution in [0.4, 0.5) is 0 Å². The van der Waals surface area contributed by atoms with Crippen LogP contribution in [0.5, 0.6) is 0 Å². The predicted octanol–water partition coefficient (Wildman–Crippen LogP) is 3.10. The molecule has 3 heteroatoms. The van der Waals surface area contributed by atoms with Crippen molar-refractivity contribution >= 4 is 12.6 Å². The monoisotopic (exact) mass is 240 g/mol. The van der Waals surface area contributed by atoms with Gasteiger partial charge in [0, 0.05) is 19.5 Å². The summed E-state index contributed by atoms with van der Waals surface area (Å²) in [6.45, 7) is 5.29. The Labute approximate surface area is 105 Å². The minimum Gasteiger partial charge on any atom is -0.302 e. The van der Waals surface area contributed by atoms with Crippen LogP contribution in [-0.4, -0.2) is 30.3 Å². The van der Waals surface area contributed by atoms with Gasteiger partial charge < -0.3 is 4.90 Å². The molecular formula is C13H24N2S. The van der Waals surface area contributed by atoms with Crippen LogP contribution < -0.4 is 0 Å². The highest BCUT2D eigenvalue weighted by atomic mass is 32.1. The van der Waals surface area contributed by atoms with Crippen LogP contribution in [0.25, 0.3) is 0 Å². The van der Waals surface area contributed by atoms with Gasteiger partial charge in [0.25, 0.3) is 0 Å². The van der Waals surface area contributed by atoms with E-state index in [1.54, 1.807) is 0 Å². The maximum atomic E-state index is 8.65. The largest absolute Gasteiger partial charge is 0.302 e. The van der Waals surface area contributed by atoms with Gasteiger partial charge in [-0.15, -0.1) is 0 Å². The quantitative estimate of drug-likeness (QED) is 0.722. The molecule has 1 saturated carbocycles. The summed E-state index contributed by atoms with van der Waals surface area (Å²) in [6, 6.07) is 2.24. The summed E-state index contributed by atoms with van der Waals surface area (Å²) in [5, 5.41) is 8.65. The van der Waals surface area contributed by atoms with Crippen LogP contribution in [0.2, 0.25) is 0 Å². The lowest BCUT2D eigenvalue weighted by Crippen LogP contribution is -2.40. The van der Waals surface area contributed by atoms with Crippen molar-refractivity contribution in [1.29, 1.82) is 5.26 Å². The highest BCUT2D eigenvalue weighted by Gasteiger charge is 2.32. The van der Waals surface area contributed by atoms with Crippen molar-refractivity contribution in [2.45, 2.75) is 45.4 Å². The van der Waals surface area contributed by atoms with Crippen molar-refractivity contribution in [2.24, 2.45) is 5.41 Å². The molecule has 1 fully saturated rings. The van der Waals surface area contributed by atoms with Crippen LogP contribution in [0, 0.1) is 16.7 Å². The summed E-state index contributed by atoms with van der Waals surface area (Å²) < 4.78 is 0. The second-order valence-corrected chi connectivity index (χ2v) is 5.31. The lowest BCUT2D eigenvalue weighted by molar-refractivity contribution is 0.131. The smallest absolute Gasteiger partial charge is 0.0635 e. The average molecular weight is 240 g/mol. The zero-order valence-corrected chi connectivity index (χ0v) is 11.3. The second-order valence-electron chi connectivity index (χ2n) is 5.00. The van der Waals surface area contributed by atoms with Gasteiger partial charge in [-0.1, -0.05) is 26.2 Å². The molecular weight excluding hydrogens is 216 g/mol. The number of rotatable bonds is 6. The molecule has 0 saturated heterocycles. The van der Waals surface area contributed by atoms with Gasteiger partial charge in [-0.05, 0) is 30.6 Å². The van der Waals surface area contributed by atoms with E-state index in [0.717, 1.165) is 25.4 Å². The SMILES string of the molecule is CCN(CCC#N)CC1(CS)CCCCC1. The molecule has 0 unspecified atom stereocenters. The van der Waals surface area contributed by atoms with Gasteiger partial charge in [0.1, 0.15) is 0 Å². The fraction of sp³-hybridized carbons (Fsp3) is 0.923. The third-order valence-electron chi connectivity index (χ3n) is 3.80. The summed E-state index contributed by atoms with van der Waals surface area (Å²) in [5.41, 5.74) is 0.423. The second kappa shape index (κ2) is 7.19. The van der Waals surface area contributed by atoms with E-state index in [1.165, 1.54) is 32.1 Å². The van der Waals surface area contributed by atoms with E-state index in [1.807, 2.05) is 0 Å². The molecule has 0 aromatic rings. The van der Waals surface area contributed by atoms with E-state index in [0.29, 0.717) is 11.8 Å². The Morgan fingerprint density at radius 1 is 1.31 bits per heavy atom. The van der Waals surface area contributed by atoms with Crippen molar-refractivity contribution in [1.82, 2.24) is 4.90 Å². The van der Waals surface area contributed by atoms with Crippen LogP contribution in [-0.2, 0) is 0 Å². The average Bonchev–Trinajstić information content (AvgIpc) is 2.35. The lowest BCUT2D eigenvalue weighted by Gasteiger charge is -2.40. The first-order valence-electron chi connectivity index (χ1n) is 6.46. The molecule has 0 amide bonds. The Morgan fingerprint density at radius 2 is 2.00 bits per heavy atom. The molecule has 0 aliphatic heterocycles. The Bertz CT molecular complexity index is 229. The van der Waals surface area contributed by atoms with Crippen molar-refractivity contribution < 1.29 is 0 Å². The van der Waals surface area contributed by atoms with E-state index in [2.05, 4.69) is 30.5 Å². The molecule has 2 nitrogen and oxygen atoms in total. The molecule has 0 spiro atoms. The molecule has 0 heterocycles. The number of hydrogen-bond acceptors (Lipinski definition) is 3. The molecule has 0 radical (unpaired) electrons. The van der Waals surface area contributed by atoms with Gasteiger partial charge in [0.2, 0.25) is 0 Å². The first kappa shape index (κ1) is 13.9. The summed E-state index contributed by atoms with van der Waals surface area (Å²) in [5.74, 6) is 0.996. The molecule has 0 aromatic heterocycles. The molecule has 0 bridgehead atoms. The maximum Gasteiger partial charge on any atom is 0.0635 e. The molecule has 0 atom stereocenters. The third kappa shape index (κ3) is 3.99. The van der Waals surface area contributed by atoms with Crippen LogP contribution in [0.3, 0.4) is 0 Å². The first-order valence-corrected chi connectivity index (χ1v) is 7.10. The lowest BCUT2D eigenvalue weighted by atomic mass is 9.75. The van der Waals surface area contributed by atoms with Gasteiger partial charge in [-0.25, -0.2) is 0 Å². The highest BCUT2D eigenvalue weighted by molar-refractivity contribution is 7.80. The number of hydrogen-bond donors (Lipinski definition) is 1. The molecule has 0 aromatic carbocycles. The van der Waals surface area contributed by atoms with E-state index in [9.17, 15) is 0 Å². The zero-order valence-electron chi connectivity index (χ0n) is 10.4. The normalized spacial score (nSPS) is 19.6. The fourth-order valence-electron chi connectivity index (χ4n) is 2.70. The van der Waals surface area contributed by atoms with E-state index >= 15 is 0 Å². The van der Waals surface area contributed by atoms with Crippen molar-refractivity contribution in [3.8, 4) is 6.07 Å². The Morgan fingerprint density at radius 3 is 2.50 bits per heavy atom. The minimum absolute atomic E-state index is 0.423. The molecule has 1 aliphatic carbocycles. The predicted molar refractivity (Wildman–Crippen MR) is 71.7 cm³/mol. The maximum absolute atomic E-state index is 8.65. The van der Waals surface area contributed by atoms with Gasteiger partial charge in [0.15, 0.2) is 0 Å². The van der Waals surface area contributed by atoms with Crippen LogP contribution in [0.1, 0.15) is 45.4 Å². The summed E-state index contributed by atoms with van der Waals surface area (Å²) >= 11 is 4.56. The Kier molecular flexibility index (Phi) is 6.23. The van der Waals surface area contributed by atoms with E-state index in [-0.39, 0.29) is 0 Å². The standard InChI is InChI=1S/C13H24N2S/c1-2-15(10-6-9-14)11-13(12-16)7-4-3-5-8-13/h16H,2-8,10-12H2,1H3. The fourth-order valence-corrected chi connectivity index (χ4v) is 3.12. The molecule has 92 valence electrons. The van der Waals surface area contributed by atoms with Crippen molar-refractivity contribution in [2.75, 3.05) is 25.4 Å². The summed E-state index contributed by atoms with van der Waals surface area (Å²) in [6.07, 6.45) is 7.39. The van der Waals surface area contributed by atoms with E-state index in [4.69, 9.17) is 5.26 Å². The zero-order chi connectivity index (χ0) is 11.9. The number of nitrogens with zero attached hydrogens (tertiary/aromatic N) is 2. The third-order valence-corrected chi connectivity index (χ3v) is 4.47. The summed E-state index contributed by atoms with van der Waals surface area (Å²) in [4.78, 5) is 2.42. The minimum atomic E-state index is 0.423. The number of nitriles is 1. The molecule has 1 aliphatic rings. The topological polar surface area (TPSA) is 27.0 Å². The van der Waals surface area contributed by atoms with E-state index < -0.39 is 0 Å². The highest BCUT2D eigenvalue weighted by Crippen LogP contribution is 2.37. The Balaban J connectivity index is 2.49.